The molecule has 0 heterocycles. The molecule has 0 aliphatic carbocycles. The molecule has 0 amide bonds. The summed E-state index contributed by atoms with van der Waals surface area (Å²) in [6.07, 6.45) is 1.16. The molecule has 0 aliphatic heterocycles. The molecule has 1 nitrogen and oxygen atoms in total. The third kappa shape index (κ3) is 4.84. The zero-order valence-electron chi connectivity index (χ0n) is 5.52. The summed E-state index contributed by atoms with van der Waals surface area (Å²) in [6.45, 7) is 4.40. The molecule has 1 atom stereocenters. The second kappa shape index (κ2) is 4.56. The van der Waals surface area contributed by atoms with Crippen molar-refractivity contribution in [1.82, 2.24) is 0 Å². The maximum absolute atomic E-state index is 5.67. The van der Waals surface area contributed by atoms with Crippen LogP contribution in [0.1, 0.15) is 20.3 Å². The highest BCUT2D eigenvalue weighted by atomic mass is 127. The SMILES string of the molecule is CC(C)C[C@@H](N)CI. The first-order valence-electron chi connectivity index (χ1n) is 2.98. The minimum Gasteiger partial charge on any atom is -0.327 e. The van der Waals surface area contributed by atoms with Crippen molar-refractivity contribution in [2.75, 3.05) is 4.43 Å². The van der Waals surface area contributed by atoms with E-state index in [4.69, 9.17) is 5.73 Å². The van der Waals surface area contributed by atoms with Crippen LogP contribution in [0.4, 0.5) is 0 Å². The lowest BCUT2D eigenvalue weighted by molar-refractivity contribution is 0.528. The topological polar surface area (TPSA) is 26.0 Å². The van der Waals surface area contributed by atoms with E-state index in [1.807, 2.05) is 0 Å². The molecule has 0 aliphatic rings. The molecule has 0 rings (SSSR count). The Morgan fingerprint density at radius 2 is 2.00 bits per heavy atom. The highest BCUT2D eigenvalue weighted by molar-refractivity contribution is 14.1. The molecule has 0 unspecified atom stereocenters. The van der Waals surface area contributed by atoms with Gasteiger partial charge in [-0.3, -0.25) is 0 Å². The van der Waals surface area contributed by atoms with Crippen molar-refractivity contribution in [2.45, 2.75) is 26.3 Å². The fourth-order valence-corrected chi connectivity index (χ4v) is 1.03. The number of alkyl halides is 1. The minimum absolute atomic E-state index is 0.413. The van der Waals surface area contributed by atoms with E-state index in [0.717, 1.165) is 16.8 Å². The largest absolute Gasteiger partial charge is 0.327 e. The van der Waals surface area contributed by atoms with Crippen LogP contribution in [-0.2, 0) is 0 Å². The van der Waals surface area contributed by atoms with Crippen LogP contribution in [0.25, 0.3) is 0 Å². The predicted octanol–water partition coefficient (Wildman–Crippen LogP) is 1.79. The summed E-state index contributed by atoms with van der Waals surface area (Å²) >= 11 is 2.32. The van der Waals surface area contributed by atoms with E-state index in [-0.39, 0.29) is 0 Å². The number of rotatable bonds is 3. The molecule has 0 bridgehead atoms. The summed E-state index contributed by atoms with van der Waals surface area (Å²) in [7, 11) is 0. The van der Waals surface area contributed by atoms with Crippen LogP contribution < -0.4 is 5.73 Å². The second-order valence-corrected chi connectivity index (χ2v) is 3.42. The summed E-state index contributed by atoms with van der Waals surface area (Å²) in [5, 5.41) is 0. The normalized spacial score (nSPS) is 14.6. The van der Waals surface area contributed by atoms with E-state index in [2.05, 4.69) is 36.4 Å². The standard InChI is InChI=1S/C6H14IN/c1-5(2)3-6(8)4-7/h5-6H,3-4,8H2,1-2H3/t6-/m1/s1. The molecular weight excluding hydrogens is 213 g/mol. The summed E-state index contributed by atoms with van der Waals surface area (Å²) in [4.78, 5) is 0. The highest BCUT2D eigenvalue weighted by Crippen LogP contribution is 2.03. The van der Waals surface area contributed by atoms with Gasteiger partial charge in [-0.2, -0.15) is 0 Å². The number of hydrogen-bond donors (Lipinski definition) is 1. The average Bonchev–Trinajstić information content (AvgIpc) is 1.65. The lowest BCUT2D eigenvalue weighted by Gasteiger charge is -2.09. The number of halogens is 1. The first kappa shape index (κ1) is 8.69. The van der Waals surface area contributed by atoms with Gasteiger partial charge < -0.3 is 5.73 Å². The van der Waals surface area contributed by atoms with Crippen LogP contribution in [-0.4, -0.2) is 10.5 Å². The Morgan fingerprint density at radius 3 is 2.12 bits per heavy atom. The van der Waals surface area contributed by atoms with Crippen molar-refractivity contribution < 1.29 is 0 Å². The van der Waals surface area contributed by atoms with Gasteiger partial charge in [-0.15, -0.1) is 0 Å². The molecule has 0 aromatic carbocycles. The number of hydrogen-bond acceptors (Lipinski definition) is 1. The third-order valence-corrected chi connectivity index (χ3v) is 2.10. The molecule has 50 valence electrons. The van der Waals surface area contributed by atoms with Gasteiger partial charge >= 0.3 is 0 Å². The monoisotopic (exact) mass is 227 g/mol. The predicted molar refractivity (Wildman–Crippen MR) is 46.3 cm³/mol. The van der Waals surface area contributed by atoms with E-state index in [9.17, 15) is 0 Å². The van der Waals surface area contributed by atoms with Crippen molar-refractivity contribution in [1.29, 1.82) is 0 Å². The number of nitrogens with two attached hydrogens (primary N) is 1. The Labute approximate surface area is 65.2 Å². The lowest BCUT2D eigenvalue weighted by Crippen LogP contribution is -2.23. The fraction of sp³-hybridized carbons (Fsp3) is 1.00. The third-order valence-electron chi connectivity index (χ3n) is 0.972. The van der Waals surface area contributed by atoms with Crippen molar-refractivity contribution in [3.05, 3.63) is 0 Å². The average molecular weight is 227 g/mol. The summed E-state index contributed by atoms with van der Waals surface area (Å²) < 4.78 is 1.08. The van der Waals surface area contributed by atoms with E-state index < -0.39 is 0 Å². The molecule has 0 radical (unpaired) electrons. The van der Waals surface area contributed by atoms with E-state index in [1.54, 1.807) is 0 Å². The first-order valence-corrected chi connectivity index (χ1v) is 4.51. The Bertz CT molecular complexity index is 54.5. The van der Waals surface area contributed by atoms with Gasteiger partial charge in [-0.1, -0.05) is 36.4 Å². The Balaban J connectivity index is 3.10. The van der Waals surface area contributed by atoms with Crippen LogP contribution in [0.15, 0.2) is 0 Å². The molecular formula is C6H14IN. The maximum atomic E-state index is 5.67. The molecule has 0 aromatic heterocycles. The van der Waals surface area contributed by atoms with Crippen molar-refractivity contribution in [3.8, 4) is 0 Å². The van der Waals surface area contributed by atoms with Gasteiger partial charge in [0.05, 0.1) is 0 Å². The van der Waals surface area contributed by atoms with Crippen LogP contribution >= 0.6 is 22.6 Å². The maximum Gasteiger partial charge on any atom is 0.0147 e. The van der Waals surface area contributed by atoms with Crippen molar-refractivity contribution in [2.24, 2.45) is 11.7 Å². The van der Waals surface area contributed by atoms with Crippen LogP contribution in [0, 0.1) is 5.92 Å². The van der Waals surface area contributed by atoms with Crippen LogP contribution in [0.5, 0.6) is 0 Å². The smallest absolute Gasteiger partial charge is 0.0147 e. The fourth-order valence-electron chi connectivity index (χ4n) is 0.668. The van der Waals surface area contributed by atoms with Crippen molar-refractivity contribution >= 4 is 22.6 Å². The summed E-state index contributed by atoms with van der Waals surface area (Å²) in [5.74, 6) is 0.750. The summed E-state index contributed by atoms with van der Waals surface area (Å²) in [5.41, 5.74) is 5.67. The zero-order chi connectivity index (χ0) is 6.57. The quantitative estimate of drug-likeness (QED) is 0.577. The van der Waals surface area contributed by atoms with Crippen molar-refractivity contribution in [3.63, 3.8) is 0 Å². The molecule has 0 fully saturated rings. The van der Waals surface area contributed by atoms with E-state index in [0.29, 0.717) is 6.04 Å². The lowest BCUT2D eigenvalue weighted by atomic mass is 10.1. The molecule has 2 heteroatoms. The van der Waals surface area contributed by atoms with E-state index in [1.165, 1.54) is 0 Å². The second-order valence-electron chi connectivity index (χ2n) is 2.54. The summed E-state index contributed by atoms with van der Waals surface area (Å²) in [6, 6.07) is 0.413. The molecule has 0 aromatic rings. The Morgan fingerprint density at radius 1 is 1.50 bits per heavy atom. The van der Waals surface area contributed by atoms with E-state index >= 15 is 0 Å². The van der Waals surface area contributed by atoms with Gasteiger partial charge in [0.2, 0.25) is 0 Å². The molecule has 0 saturated heterocycles. The van der Waals surface area contributed by atoms with Gasteiger partial charge in [0.15, 0.2) is 0 Å². The van der Waals surface area contributed by atoms with Gasteiger partial charge in [0.1, 0.15) is 0 Å². The van der Waals surface area contributed by atoms with Gasteiger partial charge in [-0.25, -0.2) is 0 Å². The van der Waals surface area contributed by atoms with Gasteiger partial charge in [0, 0.05) is 10.5 Å². The first-order chi connectivity index (χ1) is 3.66. The van der Waals surface area contributed by atoms with Gasteiger partial charge in [0.25, 0.3) is 0 Å². The molecule has 0 spiro atoms. The highest BCUT2D eigenvalue weighted by Gasteiger charge is 2.01. The zero-order valence-corrected chi connectivity index (χ0v) is 7.68. The van der Waals surface area contributed by atoms with Crippen LogP contribution in [0.2, 0.25) is 0 Å². The molecule has 2 N–H and O–H groups in total. The molecule has 8 heavy (non-hydrogen) atoms. The van der Waals surface area contributed by atoms with Gasteiger partial charge in [-0.05, 0) is 12.3 Å². The van der Waals surface area contributed by atoms with Crippen LogP contribution in [0.3, 0.4) is 0 Å². The molecule has 0 saturated carbocycles. The minimum atomic E-state index is 0.413. The Hall–Kier alpha value is 0.690. The Kier molecular flexibility index (Phi) is 4.95.